The van der Waals surface area contributed by atoms with E-state index in [2.05, 4.69) is 5.32 Å². The van der Waals surface area contributed by atoms with Gasteiger partial charge >= 0.3 is 6.09 Å². The van der Waals surface area contributed by atoms with Crippen LogP contribution < -0.4 is 5.32 Å². The minimum atomic E-state index is -0.718. The van der Waals surface area contributed by atoms with Gasteiger partial charge in [0.1, 0.15) is 6.10 Å². The summed E-state index contributed by atoms with van der Waals surface area (Å²) in [5.41, 5.74) is 0.634. The summed E-state index contributed by atoms with van der Waals surface area (Å²) in [5, 5.41) is 13.9. The highest BCUT2D eigenvalue weighted by molar-refractivity contribution is 5.66. The monoisotopic (exact) mass is 380 g/mol. The Morgan fingerprint density at radius 3 is 2.37 bits per heavy atom. The topological polar surface area (TPSA) is 71.0 Å². The molecule has 0 fully saturated rings. The third-order valence-corrected chi connectivity index (χ3v) is 3.99. The Kier molecular flexibility index (Phi) is 10.4. The minimum absolute atomic E-state index is 0.222. The Morgan fingerprint density at radius 2 is 1.78 bits per heavy atom. The van der Waals surface area contributed by atoms with E-state index in [0.717, 1.165) is 25.1 Å². The molecule has 0 aliphatic carbocycles. The first-order chi connectivity index (χ1) is 12.7. The van der Waals surface area contributed by atoms with Gasteiger partial charge in [-0.15, -0.1) is 0 Å². The lowest BCUT2D eigenvalue weighted by Gasteiger charge is -2.31. The van der Waals surface area contributed by atoms with Crippen LogP contribution in [0.3, 0.4) is 0 Å². The molecular formula is C21H36N2O4. The second-order valence-electron chi connectivity index (χ2n) is 8.04. The van der Waals surface area contributed by atoms with Crippen LogP contribution >= 0.6 is 0 Å². The average Bonchev–Trinajstić information content (AvgIpc) is 2.60. The largest absolute Gasteiger partial charge is 0.439 e. The third-order valence-electron chi connectivity index (χ3n) is 3.99. The van der Waals surface area contributed by atoms with Crippen LogP contribution in [-0.2, 0) is 9.47 Å². The van der Waals surface area contributed by atoms with Crippen molar-refractivity contribution in [3.63, 3.8) is 0 Å². The summed E-state index contributed by atoms with van der Waals surface area (Å²) in [6, 6.07) is 9.61. The van der Waals surface area contributed by atoms with Crippen LogP contribution in [0.4, 0.5) is 4.79 Å². The fourth-order valence-corrected chi connectivity index (χ4v) is 2.62. The molecule has 2 N–H and O–H groups in total. The average molecular weight is 381 g/mol. The van der Waals surface area contributed by atoms with Gasteiger partial charge < -0.3 is 14.8 Å². The maximum Gasteiger partial charge on any atom is 0.434 e. The summed E-state index contributed by atoms with van der Waals surface area (Å²) in [5.74, 6) is 0. The number of rotatable bonds is 11. The molecule has 0 radical (unpaired) electrons. The highest BCUT2D eigenvalue weighted by Gasteiger charge is 2.31. The molecule has 0 spiro atoms. The SMILES string of the molecule is CC(C)OCCCNCCCN(O)C(=O)OC(c1ccccc1)C(C)(C)C. The van der Waals surface area contributed by atoms with Gasteiger partial charge in [-0.2, -0.15) is 5.06 Å². The number of nitrogens with zero attached hydrogens (tertiary/aromatic N) is 1. The number of hydroxylamine groups is 2. The second kappa shape index (κ2) is 12.0. The van der Waals surface area contributed by atoms with Gasteiger partial charge in [-0.25, -0.2) is 4.79 Å². The zero-order valence-corrected chi connectivity index (χ0v) is 17.4. The molecule has 154 valence electrons. The van der Waals surface area contributed by atoms with E-state index >= 15 is 0 Å². The van der Waals surface area contributed by atoms with E-state index in [1.165, 1.54) is 0 Å². The maximum absolute atomic E-state index is 12.3. The fourth-order valence-electron chi connectivity index (χ4n) is 2.62. The van der Waals surface area contributed by atoms with Gasteiger partial charge in [-0.3, -0.25) is 5.21 Å². The smallest absolute Gasteiger partial charge is 0.434 e. The summed E-state index contributed by atoms with van der Waals surface area (Å²) >= 11 is 0. The van der Waals surface area contributed by atoms with E-state index in [1.54, 1.807) is 0 Å². The number of nitrogens with one attached hydrogen (secondary N) is 1. The lowest BCUT2D eigenvalue weighted by molar-refractivity contribution is -0.0959. The highest BCUT2D eigenvalue weighted by atomic mass is 16.6. The first-order valence-electron chi connectivity index (χ1n) is 9.76. The molecule has 1 amide bonds. The predicted molar refractivity (Wildman–Crippen MR) is 107 cm³/mol. The molecule has 27 heavy (non-hydrogen) atoms. The number of carbonyl (C=O) groups is 1. The molecule has 0 heterocycles. The van der Waals surface area contributed by atoms with Crippen molar-refractivity contribution in [2.45, 2.75) is 59.7 Å². The first kappa shape index (κ1) is 23.4. The van der Waals surface area contributed by atoms with Crippen molar-refractivity contribution in [2.75, 3.05) is 26.2 Å². The zero-order valence-electron chi connectivity index (χ0n) is 17.4. The van der Waals surface area contributed by atoms with Crippen LogP contribution in [0.15, 0.2) is 30.3 Å². The van der Waals surface area contributed by atoms with E-state index in [4.69, 9.17) is 9.47 Å². The number of hydrogen-bond acceptors (Lipinski definition) is 5. The zero-order chi connectivity index (χ0) is 20.3. The van der Waals surface area contributed by atoms with E-state index in [1.807, 2.05) is 65.0 Å². The van der Waals surface area contributed by atoms with Crippen molar-refractivity contribution >= 4 is 6.09 Å². The Balaban J connectivity index is 2.34. The summed E-state index contributed by atoms with van der Waals surface area (Å²) < 4.78 is 11.1. The molecule has 1 unspecified atom stereocenters. The predicted octanol–water partition coefficient (Wildman–Crippen LogP) is 4.40. The van der Waals surface area contributed by atoms with Crippen LogP contribution in [0.1, 0.15) is 59.1 Å². The van der Waals surface area contributed by atoms with Gasteiger partial charge in [0.25, 0.3) is 0 Å². The number of amides is 1. The van der Waals surface area contributed by atoms with Crippen molar-refractivity contribution in [3.8, 4) is 0 Å². The normalized spacial score (nSPS) is 12.9. The molecule has 0 saturated carbocycles. The number of hydrogen-bond donors (Lipinski definition) is 2. The van der Waals surface area contributed by atoms with Crippen molar-refractivity contribution in [2.24, 2.45) is 5.41 Å². The second-order valence-corrected chi connectivity index (χ2v) is 8.04. The van der Waals surface area contributed by atoms with Gasteiger partial charge in [0, 0.05) is 12.0 Å². The Bertz CT molecular complexity index is 529. The number of carbonyl (C=O) groups excluding carboxylic acids is 1. The molecule has 1 rings (SSSR count). The maximum atomic E-state index is 12.3. The molecule has 6 nitrogen and oxygen atoms in total. The summed E-state index contributed by atoms with van der Waals surface area (Å²) in [6.45, 7) is 12.6. The molecule has 0 saturated heterocycles. The van der Waals surface area contributed by atoms with E-state index < -0.39 is 12.2 Å². The molecule has 0 aliphatic heterocycles. The van der Waals surface area contributed by atoms with Crippen LogP contribution in [-0.4, -0.2) is 48.7 Å². The highest BCUT2D eigenvalue weighted by Crippen LogP contribution is 2.36. The van der Waals surface area contributed by atoms with Gasteiger partial charge in [-0.1, -0.05) is 51.1 Å². The van der Waals surface area contributed by atoms with Crippen molar-refractivity contribution in [1.29, 1.82) is 0 Å². The fraction of sp³-hybridized carbons (Fsp3) is 0.667. The molecule has 1 atom stereocenters. The quantitative estimate of drug-likeness (QED) is 0.338. The lowest BCUT2D eigenvalue weighted by atomic mass is 9.84. The molecular weight excluding hydrogens is 344 g/mol. The Morgan fingerprint density at radius 1 is 1.15 bits per heavy atom. The lowest BCUT2D eigenvalue weighted by Crippen LogP contribution is -2.34. The van der Waals surface area contributed by atoms with Crippen molar-refractivity contribution in [1.82, 2.24) is 10.4 Å². The summed E-state index contributed by atoms with van der Waals surface area (Å²) in [7, 11) is 0. The summed E-state index contributed by atoms with van der Waals surface area (Å²) in [6.07, 6.45) is 0.686. The van der Waals surface area contributed by atoms with E-state index in [-0.39, 0.29) is 18.1 Å². The standard InChI is InChI=1S/C21H36N2O4/c1-17(2)26-16-10-14-22-13-9-15-23(25)20(24)27-19(21(3,4)5)18-11-7-6-8-12-18/h6-8,11-12,17,19,22,25H,9-10,13-16H2,1-5H3. The Labute approximate surface area is 163 Å². The van der Waals surface area contributed by atoms with Crippen LogP contribution in [0.5, 0.6) is 0 Å². The van der Waals surface area contributed by atoms with Crippen LogP contribution in [0.2, 0.25) is 0 Å². The van der Waals surface area contributed by atoms with Gasteiger partial charge in [0.05, 0.1) is 12.6 Å². The van der Waals surface area contributed by atoms with E-state index in [0.29, 0.717) is 18.0 Å². The van der Waals surface area contributed by atoms with Crippen molar-refractivity contribution in [3.05, 3.63) is 35.9 Å². The third kappa shape index (κ3) is 9.75. The molecule has 0 aliphatic rings. The molecule has 0 aromatic heterocycles. The first-order valence-corrected chi connectivity index (χ1v) is 9.76. The van der Waals surface area contributed by atoms with Gasteiger partial charge in [-0.05, 0) is 45.3 Å². The number of ether oxygens (including phenoxy) is 2. The molecule has 1 aromatic carbocycles. The van der Waals surface area contributed by atoms with Gasteiger partial charge in [0.2, 0.25) is 0 Å². The number of benzene rings is 1. The van der Waals surface area contributed by atoms with Crippen molar-refractivity contribution < 1.29 is 19.5 Å². The molecule has 6 heteroatoms. The van der Waals surface area contributed by atoms with E-state index in [9.17, 15) is 10.0 Å². The van der Waals surface area contributed by atoms with Crippen LogP contribution in [0.25, 0.3) is 0 Å². The van der Waals surface area contributed by atoms with Gasteiger partial charge in [0.15, 0.2) is 0 Å². The minimum Gasteiger partial charge on any atom is -0.439 e. The Hall–Kier alpha value is -1.63. The summed E-state index contributed by atoms with van der Waals surface area (Å²) in [4.78, 5) is 12.3. The molecule has 0 bridgehead atoms. The molecule has 1 aromatic rings. The van der Waals surface area contributed by atoms with Crippen LogP contribution in [0, 0.1) is 5.41 Å².